The third-order valence-corrected chi connectivity index (χ3v) is 2.57. The van der Waals surface area contributed by atoms with Gasteiger partial charge in [-0.25, -0.2) is 4.79 Å². The lowest BCUT2D eigenvalue weighted by molar-refractivity contribution is -0.134. The van der Waals surface area contributed by atoms with Crippen LogP contribution < -0.4 is 0 Å². The summed E-state index contributed by atoms with van der Waals surface area (Å²) in [5.74, 6) is -0.873. The van der Waals surface area contributed by atoms with Crippen LogP contribution in [0, 0.1) is 5.92 Å². The molecule has 1 aliphatic heterocycles. The lowest BCUT2D eigenvalue weighted by Gasteiger charge is -2.31. The smallest absolute Gasteiger partial charge is 0.410 e. The van der Waals surface area contributed by atoms with E-state index in [-0.39, 0.29) is 18.1 Å². The van der Waals surface area contributed by atoms with Crippen LogP contribution in [-0.2, 0) is 14.3 Å². The molecule has 0 spiro atoms. The van der Waals surface area contributed by atoms with E-state index in [0.717, 1.165) is 0 Å². The van der Waals surface area contributed by atoms with E-state index in [1.165, 1.54) is 11.8 Å². The largest absolute Gasteiger partial charge is 0.444 e. The molecule has 5 heteroatoms. The SMILES string of the molecule is CC(=O)C1CCN(C(=O)OC(C)(C)C)CC1=O. The Morgan fingerprint density at radius 1 is 1.35 bits per heavy atom. The Balaban J connectivity index is 2.58. The number of nitrogens with zero attached hydrogens (tertiary/aromatic N) is 1. The van der Waals surface area contributed by atoms with Gasteiger partial charge in [0.15, 0.2) is 5.78 Å². The Morgan fingerprint density at radius 3 is 2.35 bits per heavy atom. The van der Waals surface area contributed by atoms with Gasteiger partial charge >= 0.3 is 6.09 Å². The summed E-state index contributed by atoms with van der Waals surface area (Å²) in [6.45, 7) is 7.09. The fourth-order valence-corrected chi connectivity index (χ4v) is 1.74. The minimum Gasteiger partial charge on any atom is -0.444 e. The second-order valence-electron chi connectivity index (χ2n) is 5.32. The van der Waals surface area contributed by atoms with Gasteiger partial charge in [0.2, 0.25) is 0 Å². The van der Waals surface area contributed by atoms with Gasteiger partial charge in [-0.05, 0) is 34.1 Å². The van der Waals surface area contributed by atoms with Gasteiger partial charge in [0, 0.05) is 6.54 Å². The van der Waals surface area contributed by atoms with Crippen molar-refractivity contribution >= 4 is 17.7 Å². The highest BCUT2D eigenvalue weighted by Gasteiger charge is 2.33. The zero-order valence-electron chi connectivity index (χ0n) is 10.8. The molecule has 1 atom stereocenters. The van der Waals surface area contributed by atoms with Gasteiger partial charge in [-0.2, -0.15) is 0 Å². The first-order valence-corrected chi connectivity index (χ1v) is 5.72. The summed E-state index contributed by atoms with van der Waals surface area (Å²) in [7, 11) is 0. The summed E-state index contributed by atoms with van der Waals surface area (Å²) in [6, 6.07) is 0. The second-order valence-corrected chi connectivity index (χ2v) is 5.32. The van der Waals surface area contributed by atoms with Gasteiger partial charge in [0.25, 0.3) is 0 Å². The predicted molar refractivity (Wildman–Crippen MR) is 61.6 cm³/mol. The van der Waals surface area contributed by atoms with Crippen molar-refractivity contribution < 1.29 is 19.1 Å². The molecule has 0 aromatic rings. The highest BCUT2D eigenvalue weighted by atomic mass is 16.6. The number of ketones is 2. The van der Waals surface area contributed by atoms with Crippen molar-refractivity contribution in [3.8, 4) is 0 Å². The average Bonchev–Trinajstić information content (AvgIpc) is 2.14. The first kappa shape index (κ1) is 13.7. The molecule has 0 radical (unpaired) electrons. The Hall–Kier alpha value is -1.39. The van der Waals surface area contributed by atoms with Crippen molar-refractivity contribution in [3.05, 3.63) is 0 Å². The van der Waals surface area contributed by atoms with E-state index < -0.39 is 17.6 Å². The molecule has 1 rings (SSSR count). The van der Waals surface area contributed by atoms with Crippen molar-refractivity contribution in [2.45, 2.75) is 39.7 Å². The van der Waals surface area contributed by atoms with Crippen LogP contribution in [0.1, 0.15) is 34.1 Å². The first-order valence-electron chi connectivity index (χ1n) is 5.72. The number of ether oxygens (including phenoxy) is 1. The number of carbonyl (C=O) groups is 3. The highest BCUT2D eigenvalue weighted by Crippen LogP contribution is 2.17. The molecule has 1 heterocycles. The van der Waals surface area contributed by atoms with E-state index in [1.54, 1.807) is 20.8 Å². The van der Waals surface area contributed by atoms with Crippen LogP contribution in [0.5, 0.6) is 0 Å². The van der Waals surface area contributed by atoms with Crippen LogP contribution in [0.25, 0.3) is 0 Å². The number of hydrogen-bond donors (Lipinski definition) is 0. The molecular weight excluding hydrogens is 222 g/mol. The van der Waals surface area contributed by atoms with E-state index >= 15 is 0 Å². The predicted octanol–water partition coefficient (Wildman–Crippen LogP) is 1.40. The third-order valence-electron chi connectivity index (χ3n) is 2.57. The molecule has 1 fully saturated rings. The van der Waals surface area contributed by atoms with Crippen LogP contribution in [0.3, 0.4) is 0 Å². The summed E-state index contributed by atoms with van der Waals surface area (Å²) in [6.07, 6.45) is -0.0965. The van der Waals surface area contributed by atoms with Crippen LogP contribution in [0.4, 0.5) is 4.79 Å². The summed E-state index contributed by atoms with van der Waals surface area (Å²) >= 11 is 0. The van der Waals surface area contributed by atoms with Gasteiger partial charge in [0.05, 0.1) is 12.5 Å². The molecule has 1 amide bonds. The number of hydrogen-bond acceptors (Lipinski definition) is 4. The number of amides is 1. The van der Waals surface area contributed by atoms with E-state index in [9.17, 15) is 14.4 Å². The molecule has 17 heavy (non-hydrogen) atoms. The van der Waals surface area contributed by atoms with E-state index in [4.69, 9.17) is 4.74 Å². The quantitative estimate of drug-likeness (QED) is 0.651. The summed E-state index contributed by atoms with van der Waals surface area (Å²) in [5, 5.41) is 0. The van der Waals surface area contributed by atoms with Crippen LogP contribution in [-0.4, -0.2) is 41.3 Å². The molecule has 0 aromatic carbocycles. The Morgan fingerprint density at radius 2 is 1.94 bits per heavy atom. The number of likely N-dealkylation sites (tertiary alicyclic amines) is 1. The molecule has 96 valence electrons. The minimum atomic E-state index is -0.572. The number of Topliss-reactive ketones (excluding diaryl/α,β-unsaturated/α-hetero) is 2. The zero-order chi connectivity index (χ0) is 13.2. The number of rotatable bonds is 1. The molecule has 0 aromatic heterocycles. The van der Waals surface area contributed by atoms with Gasteiger partial charge in [-0.15, -0.1) is 0 Å². The summed E-state index contributed by atoms with van der Waals surface area (Å²) in [4.78, 5) is 35.9. The molecule has 0 N–H and O–H groups in total. The third kappa shape index (κ3) is 3.84. The van der Waals surface area contributed by atoms with Crippen molar-refractivity contribution in [2.24, 2.45) is 5.92 Å². The molecule has 5 nitrogen and oxygen atoms in total. The zero-order valence-corrected chi connectivity index (χ0v) is 10.8. The van der Waals surface area contributed by atoms with Crippen molar-refractivity contribution in [1.82, 2.24) is 4.90 Å². The van der Waals surface area contributed by atoms with Gasteiger partial charge in [0.1, 0.15) is 11.4 Å². The lowest BCUT2D eigenvalue weighted by atomic mass is 9.92. The number of carbonyl (C=O) groups excluding carboxylic acids is 3. The highest BCUT2D eigenvalue weighted by molar-refractivity contribution is 6.03. The molecular formula is C12H19NO4. The number of piperidine rings is 1. The monoisotopic (exact) mass is 241 g/mol. The normalized spacial score (nSPS) is 21.3. The molecule has 1 aliphatic rings. The van der Waals surface area contributed by atoms with E-state index in [2.05, 4.69) is 0 Å². The van der Waals surface area contributed by atoms with Crippen molar-refractivity contribution in [3.63, 3.8) is 0 Å². The van der Waals surface area contributed by atoms with E-state index in [1.807, 2.05) is 0 Å². The van der Waals surface area contributed by atoms with Gasteiger partial charge in [-0.3, -0.25) is 9.59 Å². The Bertz CT molecular complexity index is 343. The van der Waals surface area contributed by atoms with Crippen LogP contribution >= 0.6 is 0 Å². The minimum absolute atomic E-state index is 0.0286. The summed E-state index contributed by atoms with van der Waals surface area (Å²) in [5.41, 5.74) is -0.572. The molecule has 1 unspecified atom stereocenters. The van der Waals surface area contributed by atoms with E-state index in [0.29, 0.717) is 13.0 Å². The van der Waals surface area contributed by atoms with Crippen LogP contribution in [0.2, 0.25) is 0 Å². The first-order chi connectivity index (χ1) is 7.70. The topological polar surface area (TPSA) is 63.7 Å². The van der Waals surface area contributed by atoms with Crippen molar-refractivity contribution in [1.29, 1.82) is 0 Å². The average molecular weight is 241 g/mol. The van der Waals surface area contributed by atoms with Crippen LogP contribution in [0.15, 0.2) is 0 Å². The maximum atomic E-state index is 11.7. The fraction of sp³-hybridized carbons (Fsp3) is 0.750. The summed E-state index contributed by atoms with van der Waals surface area (Å²) < 4.78 is 5.17. The van der Waals surface area contributed by atoms with Gasteiger partial charge < -0.3 is 9.64 Å². The molecule has 0 saturated carbocycles. The molecule has 0 aliphatic carbocycles. The molecule has 1 saturated heterocycles. The lowest BCUT2D eigenvalue weighted by Crippen LogP contribution is -2.47. The maximum absolute atomic E-state index is 11.7. The molecule has 0 bridgehead atoms. The van der Waals surface area contributed by atoms with Gasteiger partial charge in [-0.1, -0.05) is 0 Å². The Labute approximate surface area is 101 Å². The fourth-order valence-electron chi connectivity index (χ4n) is 1.74. The van der Waals surface area contributed by atoms with Crippen molar-refractivity contribution in [2.75, 3.05) is 13.1 Å². The second kappa shape index (κ2) is 4.85. The maximum Gasteiger partial charge on any atom is 0.410 e. The Kier molecular flexibility index (Phi) is 3.91. The standard InChI is InChI=1S/C12H19NO4/c1-8(14)9-5-6-13(7-10(9)15)11(16)17-12(2,3)4/h9H,5-7H2,1-4H3.